The van der Waals surface area contributed by atoms with Crippen molar-refractivity contribution in [2.75, 3.05) is 27.2 Å². The Bertz CT molecular complexity index is 670. The SMILES string of the molecule is CC(C)C1Oc2ccccc2C(C(=O)O)N(CC(C)(C)CN(C)C)C1=O. The number of nitrogens with zero attached hydrogens (tertiary/aromatic N) is 2. The van der Waals surface area contributed by atoms with Gasteiger partial charge < -0.3 is 19.6 Å². The van der Waals surface area contributed by atoms with Gasteiger partial charge in [0.15, 0.2) is 12.1 Å². The van der Waals surface area contributed by atoms with Gasteiger partial charge in [0.25, 0.3) is 5.91 Å². The minimum atomic E-state index is -1.05. The van der Waals surface area contributed by atoms with Gasteiger partial charge in [0.2, 0.25) is 0 Å². The number of carboxylic acid groups (broad SMARTS) is 1. The molecule has 1 N–H and O–H groups in total. The Labute approximate surface area is 155 Å². The van der Waals surface area contributed by atoms with Crippen LogP contribution in [0.1, 0.15) is 39.3 Å². The van der Waals surface area contributed by atoms with Gasteiger partial charge in [0, 0.05) is 18.7 Å². The molecule has 1 aliphatic heterocycles. The molecule has 1 amide bonds. The molecule has 0 fully saturated rings. The van der Waals surface area contributed by atoms with E-state index in [4.69, 9.17) is 4.74 Å². The average Bonchev–Trinajstić information content (AvgIpc) is 2.61. The van der Waals surface area contributed by atoms with Crippen molar-refractivity contribution in [3.8, 4) is 5.75 Å². The molecule has 0 bridgehead atoms. The Morgan fingerprint density at radius 1 is 1.31 bits per heavy atom. The van der Waals surface area contributed by atoms with Gasteiger partial charge in [-0.2, -0.15) is 0 Å². The molecule has 0 aromatic heterocycles. The lowest BCUT2D eigenvalue weighted by atomic mass is 9.90. The van der Waals surface area contributed by atoms with Crippen molar-refractivity contribution in [3.05, 3.63) is 29.8 Å². The molecule has 6 heteroatoms. The molecular formula is C20H30N2O4. The predicted molar refractivity (Wildman–Crippen MR) is 100 cm³/mol. The van der Waals surface area contributed by atoms with E-state index in [1.165, 1.54) is 4.90 Å². The van der Waals surface area contributed by atoms with Gasteiger partial charge in [-0.25, -0.2) is 4.79 Å². The van der Waals surface area contributed by atoms with Crippen molar-refractivity contribution in [1.29, 1.82) is 0 Å². The van der Waals surface area contributed by atoms with Gasteiger partial charge in [-0.3, -0.25) is 4.79 Å². The second-order valence-corrected chi connectivity index (χ2v) is 8.43. The highest BCUT2D eigenvalue weighted by molar-refractivity contribution is 5.89. The summed E-state index contributed by atoms with van der Waals surface area (Å²) in [6.45, 7) is 8.98. The molecule has 0 saturated carbocycles. The summed E-state index contributed by atoms with van der Waals surface area (Å²) in [6, 6.07) is 5.99. The van der Waals surface area contributed by atoms with Crippen LogP contribution in [0.3, 0.4) is 0 Å². The first-order valence-electron chi connectivity index (χ1n) is 8.97. The number of aliphatic carboxylic acids is 1. The van der Waals surface area contributed by atoms with Crippen LogP contribution in [0.5, 0.6) is 5.75 Å². The minimum absolute atomic E-state index is 0.0671. The first kappa shape index (κ1) is 20.2. The zero-order chi connectivity index (χ0) is 19.6. The standard InChI is InChI=1S/C20H30N2O4/c1-13(2)17-18(23)22(12-20(3,4)11-21(5)6)16(19(24)25)14-9-7-8-10-15(14)26-17/h7-10,13,16-17H,11-12H2,1-6H3,(H,24,25). The molecule has 0 radical (unpaired) electrons. The number of benzene rings is 1. The zero-order valence-corrected chi connectivity index (χ0v) is 16.5. The van der Waals surface area contributed by atoms with Crippen LogP contribution in [-0.4, -0.2) is 60.1 Å². The number of rotatable bonds is 6. The lowest BCUT2D eigenvalue weighted by molar-refractivity contribution is -0.155. The second kappa shape index (κ2) is 7.66. The van der Waals surface area contributed by atoms with E-state index in [1.54, 1.807) is 24.3 Å². The molecule has 0 spiro atoms. The highest BCUT2D eigenvalue weighted by Crippen LogP contribution is 2.37. The first-order chi connectivity index (χ1) is 12.0. The molecule has 1 aromatic carbocycles. The molecule has 0 saturated heterocycles. The lowest BCUT2D eigenvalue weighted by Gasteiger charge is -2.37. The van der Waals surface area contributed by atoms with Crippen LogP contribution in [0.25, 0.3) is 0 Å². The number of carbonyl (C=O) groups excluding carboxylic acids is 1. The van der Waals surface area contributed by atoms with E-state index in [0.29, 0.717) is 17.9 Å². The van der Waals surface area contributed by atoms with Crippen molar-refractivity contribution < 1.29 is 19.4 Å². The summed E-state index contributed by atoms with van der Waals surface area (Å²) in [4.78, 5) is 28.9. The van der Waals surface area contributed by atoms with Crippen molar-refractivity contribution >= 4 is 11.9 Å². The zero-order valence-electron chi connectivity index (χ0n) is 16.5. The van der Waals surface area contributed by atoms with E-state index in [2.05, 4.69) is 0 Å². The van der Waals surface area contributed by atoms with Crippen LogP contribution >= 0.6 is 0 Å². The second-order valence-electron chi connectivity index (χ2n) is 8.43. The van der Waals surface area contributed by atoms with E-state index in [1.807, 2.05) is 46.7 Å². The van der Waals surface area contributed by atoms with Gasteiger partial charge in [-0.1, -0.05) is 45.9 Å². The maximum atomic E-state index is 13.3. The van der Waals surface area contributed by atoms with E-state index in [0.717, 1.165) is 6.54 Å². The Morgan fingerprint density at radius 2 is 1.92 bits per heavy atom. The summed E-state index contributed by atoms with van der Waals surface area (Å²) >= 11 is 0. The Kier molecular flexibility index (Phi) is 5.96. The van der Waals surface area contributed by atoms with Crippen LogP contribution in [0.2, 0.25) is 0 Å². The Balaban J connectivity index is 2.53. The number of carboxylic acids is 1. The van der Waals surface area contributed by atoms with Crippen molar-refractivity contribution in [1.82, 2.24) is 9.80 Å². The van der Waals surface area contributed by atoms with Crippen LogP contribution in [0, 0.1) is 11.3 Å². The normalized spacial score (nSPS) is 20.8. The number of hydrogen-bond donors (Lipinski definition) is 1. The molecule has 144 valence electrons. The molecule has 1 heterocycles. The number of hydrogen-bond acceptors (Lipinski definition) is 4. The highest BCUT2D eigenvalue weighted by atomic mass is 16.5. The summed E-state index contributed by atoms with van der Waals surface area (Å²) in [5.74, 6) is -0.905. The molecule has 2 unspecified atom stereocenters. The molecule has 2 atom stereocenters. The summed E-state index contributed by atoms with van der Waals surface area (Å²) in [5.41, 5.74) is 0.255. The number of ether oxygens (including phenoxy) is 1. The fourth-order valence-corrected chi connectivity index (χ4v) is 3.68. The topological polar surface area (TPSA) is 70.1 Å². The number of fused-ring (bicyclic) bond motifs is 1. The van der Waals surface area contributed by atoms with E-state index >= 15 is 0 Å². The van der Waals surface area contributed by atoms with Crippen molar-refractivity contribution in [3.63, 3.8) is 0 Å². The Hall–Kier alpha value is -2.08. The van der Waals surface area contributed by atoms with Crippen LogP contribution in [-0.2, 0) is 9.59 Å². The monoisotopic (exact) mass is 362 g/mol. The van der Waals surface area contributed by atoms with Gasteiger partial charge in [-0.15, -0.1) is 0 Å². The maximum Gasteiger partial charge on any atom is 0.331 e. The summed E-state index contributed by atoms with van der Waals surface area (Å²) < 4.78 is 5.97. The minimum Gasteiger partial charge on any atom is -0.480 e. The third kappa shape index (κ3) is 4.36. The van der Waals surface area contributed by atoms with Crippen LogP contribution in [0.15, 0.2) is 24.3 Å². The van der Waals surface area contributed by atoms with Gasteiger partial charge >= 0.3 is 5.97 Å². The predicted octanol–water partition coefficient (Wildman–Crippen LogP) is 2.65. The largest absolute Gasteiger partial charge is 0.480 e. The molecule has 6 nitrogen and oxygen atoms in total. The number of amides is 1. The average molecular weight is 362 g/mol. The quantitative estimate of drug-likeness (QED) is 0.842. The maximum absolute atomic E-state index is 13.3. The number of para-hydroxylation sites is 1. The smallest absolute Gasteiger partial charge is 0.331 e. The summed E-state index contributed by atoms with van der Waals surface area (Å²) in [6.07, 6.45) is -0.698. The molecule has 26 heavy (non-hydrogen) atoms. The summed E-state index contributed by atoms with van der Waals surface area (Å²) in [7, 11) is 3.94. The van der Waals surface area contributed by atoms with Gasteiger partial charge in [0.1, 0.15) is 5.75 Å². The third-order valence-electron chi connectivity index (χ3n) is 4.49. The van der Waals surface area contributed by atoms with Gasteiger partial charge in [0.05, 0.1) is 0 Å². The fourth-order valence-electron chi connectivity index (χ4n) is 3.68. The molecule has 0 aliphatic carbocycles. The summed E-state index contributed by atoms with van der Waals surface area (Å²) in [5, 5.41) is 9.94. The third-order valence-corrected chi connectivity index (χ3v) is 4.49. The van der Waals surface area contributed by atoms with Gasteiger partial charge in [-0.05, 0) is 31.5 Å². The fraction of sp³-hybridized carbons (Fsp3) is 0.600. The van der Waals surface area contributed by atoms with E-state index < -0.39 is 18.1 Å². The molecule has 2 rings (SSSR count). The first-order valence-corrected chi connectivity index (χ1v) is 8.97. The van der Waals surface area contributed by atoms with Crippen LogP contribution < -0.4 is 4.74 Å². The van der Waals surface area contributed by atoms with E-state index in [9.17, 15) is 14.7 Å². The molecule has 1 aromatic rings. The van der Waals surface area contributed by atoms with Crippen molar-refractivity contribution in [2.45, 2.75) is 39.8 Å². The lowest BCUT2D eigenvalue weighted by Crippen LogP contribution is -2.50. The number of carbonyl (C=O) groups is 2. The molecule has 1 aliphatic rings. The van der Waals surface area contributed by atoms with Crippen molar-refractivity contribution in [2.24, 2.45) is 11.3 Å². The molecular weight excluding hydrogens is 332 g/mol. The highest BCUT2D eigenvalue weighted by Gasteiger charge is 2.43. The van der Waals surface area contributed by atoms with Crippen LogP contribution in [0.4, 0.5) is 0 Å². The van der Waals surface area contributed by atoms with E-state index in [-0.39, 0.29) is 17.2 Å². The Morgan fingerprint density at radius 3 is 2.46 bits per heavy atom.